The number of rotatable bonds is 6. The van der Waals surface area contributed by atoms with Gasteiger partial charge in [-0.25, -0.2) is 0 Å². The Bertz CT molecular complexity index is 425. The molecule has 0 radical (unpaired) electrons. The van der Waals surface area contributed by atoms with Crippen molar-refractivity contribution in [2.24, 2.45) is 0 Å². The van der Waals surface area contributed by atoms with Gasteiger partial charge < -0.3 is 30.3 Å². The fraction of sp³-hybridized carbons (Fsp3) is 0.692. The molecule has 0 spiro atoms. The molecule has 0 bridgehead atoms. The van der Waals surface area contributed by atoms with Crippen molar-refractivity contribution in [2.75, 3.05) is 26.5 Å². The quantitative estimate of drug-likeness (QED) is 0.452. The first-order chi connectivity index (χ1) is 10.1. The van der Waals surface area contributed by atoms with E-state index in [1.807, 2.05) is 0 Å². The predicted octanol–water partition coefficient (Wildman–Crippen LogP) is -1.97. The Balaban J connectivity index is 1.77. The molecule has 0 unspecified atom stereocenters. The first kappa shape index (κ1) is 15.9. The van der Waals surface area contributed by atoms with Gasteiger partial charge in [0.25, 0.3) is 0 Å². The minimum absolute atomic E-state index is 0.114. The highest BCUT2D eigenvalue weighted by atomic mass is 16.7. The lowest BCUT2D eigenvalue weighted by atomic mass is 9.92. The SMILES string of the molecule is O=C(CCNC(=O)C1=C[C@H]2OCO[C@H]2[C@H](O)C1)NCCO. The Morgan fingerprint density at radius 1 is 1.29 bits per heavy atom. The third-order valence-electron chi connectivity index (χ3n) is 3.38. The standard InChI is InChI=1S/C13H20N2O6/c16-4-3-14-11(18)1-2-15-13(19)8-5-9(17)12-10(6-8)20-7-21-12/h6,9-10,12,16-17H,1-5,7H2,(H,14,18)(H,15,19)/t9-,10-,12+/m1/s1. The number of carbonyl (C=O) groups excluding carboxylic acids is 2. The molecule has 2 rings (SSSR count). The highest BCUT2D eigenvalue weighted by Crippen LogP contribution is 2.27. The number of aliphatic hydroxyl groups is 2. The topological polar surface area (TPSA) is 117 Å². The molecule has 118 valence electrons. The van der Waals surface area contributed by atoms with Crippen LogP contribution in [0.4, 0.5) is 0 Å². The monoisotopic (exact) mass is 300 g/mol. The zero-order valence-corrected chi connectivity index (χ0v) is 11.6. The molecule has 0 aromatic carbocycles. The smallest absolute Gasteiger partial charge is 0.247 e. The van der Waals surface area contributed by atoms with E-state index < -0.39 is 18.3 Å². The zero-order chi connectivity index (χ0) is 15.2. The summed E-state index contributed by atoms with van der Waals surface area (Å²) in [6.45, 7) is 0.385. The van der Waals surface area contributed by atoms with Gasteiger partial charge in [0.2, 0.25) is 11.8 Å². The average Bonchev–Trinajstić information content (AvgIpc) is 2.94. The molecule has 8 heteroatoms. The summed E-state index contributed by atoms with van der Waals surface area (Å²) in [5, 5.41) is 23.6. The number of amides is 2. The minimum atomic E-state index is -0.767. The summed E-state index contributed by atoms with van der Waals surface area (Å²) < 4.78 is 10.5. The molecule has 1 heterocycles. The van der Waals surface area contributed by atoms with E-state index in [0.29, 0.717) is 5.57 Å². The number of hydrogen-bond acceptors (Lipinski definition) is 6. The molecule has 1 aliphatic carbocycles. The van der Waals surface area contributed by atoms with E-state index >= 15 is 0 Å². The molecule has 8 nitrogen and oxygen atoms in total. The van der Waals surface area contributed by atoms with Crippen molar-refractivity contribution in [1.82, 2.24) is 10.6 Å². The van der Waals surface area contributed by atoms with E-state index in [4.69, 9.17) is 14.6 Å². The van der Waals surface area contributed by atoms with E-state index in [-0.39, 0.29) is 51.1 Å². The lowest BCUT2D eigenvalue weighted by molar-refractivity contribution is -0.121. The van der Waals surface area contributed by atoms with Crippen LogP contribution in [0.5, 0.6) is 0 Å². The molecule has 0 aromatic heterocycles. The maximum Gasteiger partial charge on any atom is 0.247 e. The second kappa shape index (κ2) is 7.51. The van der Waals surface area contributed by atoms with Gasteiger partial charge in [-0.15, -0.1) is 0 Å². The Kier molecular flexibility index (Phi) is 5.68. The van der Waals surface area contributed by atoms with Gasteiger partial charge in [0.1, 0.15) is 19.0 Å². The Morgan fingerprint density at radius 3 is 2.86 bits per heavy atom. The normalized spacial score (nSPS) is 27.7. The molecule has 1 saturated heterocycles. The molecule has 21 heavy (non-hydrogen) atoms. The average molecular weight is 300 g/mol. The van der Waals surface area contributed by atoms with Crippen LogP contribution in [-0.4, -0.2) is 66.8 Å². The van der Waals surface area contributed by atoms with Gasteiger partial charge >= 0.3 is 0 Å². The zero-order valence-electron chi connectivity index (χ0n) is 11.6. The van der Waals surface area contributed by atoms with Gasteiger partial charge in [-0.1, -0.05) is 0 Å². The minimum Gasteiger partial charge on any atom is -0.395 e. The van der Waals surface area contributed by atoms with Gasteiger partial charge in [-0.2, -0.15) is 0 Å². The van der Waals surface area contributed by atoms with Crippen molar-refractivity contribution in [1.29, 1.82) is 0 Å². The number of carbonyl (C=O) groups is 2. The summed E-state index contributed by atoms with van der Waals surface area (Å²) in [7, 11) is 0. The first-order valence-corrected chi connectivity index (χ1v) is 6.89. The summed E-state index contributed by atoms with van der Waals surface area (Å²) in [5.74, 6) is -0.562. The molecule has 1 aliphatic heterocycles. The lowest BCUT2D eigenvalue weighted by Gasteiger charge is -2.26. The Labute approximate surface area is 122 Å². The van der Waals surface area contributed by atoms with Crippen molar-refractivity contribution in [3.05, 3.63) is 11.6 Å². The fourth-order valence-electron chi connectivity index (χ4n) is 2.32. The van der Waals surface area contributed by atoms with Crippen LogP contribution < -0.4 is 10.6 Å². The largest absolute Gasteiger partial charge is 0.395 e. The van der Waals surface area contributed by atoms with Crippen LogP contribution in [0, 0.1) is 0 Å². The summed E-state index contributed by atoms with van der Waals surface area (Å²) in [4.78, 5) is 23.3. The van der Waals surface area contributed by atoms with E-state index in [1.54, 1.807) is 6.08 Å². The molecule has 2 amide bonds. The second-order valence-electron chi connectivity index (χ2n) is 4.92. The lowest BCUT2D eigenvalue weighted by Crippen LogP contribution is -2.41. The molecular weight excluding hydrogens is 280 g/mol. The summed E-state index contributed by atoms with van der Waals surface area (Å²) in [6.07, 6.45) is 0.413. The highest BCUT2D eigenvalue weighted by Gasteiger charge is 2.39. The van der Waals surface area contributed by atoms with Crippen LogP contribution >= 0.6 is 0 Å². The van der Waals surface area contributed by atoms with Gasteiger partial charge in [0.15, 0.2) is 0 Å². The van der Waals surface area contributed by atoms with Gasteiger partial charge in [0.05, 0.1) is 12.7 Å². The van der Waals surface area contributed by atoms with Crippen LogP contribution in [-0.2, 0) is 19.1 Å². The maximum absolute atomic E-state index is 12.0. The van der Waals surface area contributed by atoms with Crippen LogP contribution in [0.25, 0.3) is 0 Å². The highest BCUT2D eigenvalue weighted by molar-refractivity contribution is 5.94. The molecule has 3 atom stereocenters. The van der Waals surface area contributed by atoms with Crippen molar-refractivity contribution < 1.29 is 29.3 Å². The number of nitrogens with one attached hydrogen (secondary N) is 2. The number of fused-ring (bicyclic) bond motifs is 1. The van der Waals surface area contributed by atoms with Gasteiger partial charge in [-0.05, 0) is 6.08 Å². The van der Waals surface area contributed by atoms with Crippen molar-refractivity contribution >= 4 is 11.8 Å². The predicted molar refractivity (Wildman–Crippen MR) is 71.0 cm³/mol. The fourth-order valence-corrected chi connectivity index (χ4v) is 2.32. The summed E-state index contributed by atoms with van der Waals surface area (Å²) >= 11 is 0. The Morgan fingerprint density at radius 2 is 2.10 bits per heavy atom. The van der Waals surface area contributed by atoms with Crippen LogP contribution in [0.15, 0.2) is 11.6 Å². The van der Waals surface area contributed by atoms with E-state index in [1.165, 1.54) is 0 Å². The number of ether oxygens (including phenoxy) is 2. The molecule has 2 aliphatic rings. The van der Waals surface area contributed by atoms with Crippen LogP contribution in [0.3, 0.4) is 0 Å². The van der Waals surface area contributed by atoms with E-state index in [2.05, 4.69) is 10.6 Å². The van der Waals surface area contributed by atoms with Crippen molar-refractivity contribution in [3.8, 4) is 0 Å². The van der Waals surface area contributed by atoms with Crippen LogP contribution in [0.2, 0.25) is 0 Å². The van der Waals surface area contributed by atoms with Gasteiger partial charge in [0, 0.05) is 31.5 Å². The first-order valence-electron chi connectivity index (χ1n) is 6.89. The molecule has 0 aromatic rings. The van der Waals surface area contributed by atoms with Gasteiger partial charge in [-0.3, -0.25) is 9.59 Å². The summed E-state index contributed by atoms with van der Waals surface area (Å²) in [6, 6.07) is 0. The molecular formula is C13H20N2O6. The second-order valence-corrected chi connectivity index (χ2v) is 4.92. The van der Waals surface area contributed by atoms with Crippen LogP contribution in [0.1, 0.15) is 12.8 Å². The molecule has 1 fully saturated rings. The van der Waals surface area contributed by atoms with E-state index in [0.717, 1.165) is 0 Å². The molecule has 0 saturated carbocycles. The third kappa shape index (κ3) is 4.24. The van der Waals surface area contributed by atoms with Crippen molar-refractivity contribution in [2.45, 2.75) is 31.2 Å². The van der Waals surface area contributed by atoms with Crippen molar-refractivity contribution in [3.63, 3.8) is 0 Å². The Hall–Kier alpha value is -1.48. The van der Waals surface area contributed by atoms with E-state index in [9.17, 15) is 14.7 Å². The third-order valence-corrected chi connectivity index (χ3v) is 3.38. The number of aliphatic hydroxyl groups excluding tert-OH is 2. The summed E-state index contributed by atoms with van der Waals surface area (Å²) in [5.41, 5.74) is 0.435. The maximum atomic E-state index is 12.0. The molecule has 4 N–H and O–H groups in total. The number of hydrogen-bond donors (Lipinski definition) is 4.